The molecule has 1 fully saturated rings. The number of para-hydroxylation sites is 1. The van der Waals surface area contributed by atoms with Gasteiger partial charge in [-0.3, -0.25) is 9.48 Å². The summed E-state index contributed by atoms with van der Waals surface area (Å²) in [7, 11) is 0. The maximum Gasteiger partial charge on any atom is 0.257 e. The minimum atomic E-state index is 0.0823. The molecule has 1 atom stereocenters. The van der Waals surface area contributed by atoms with E-state index in [2.05, 4.69) is 62.0 Å². The Labute approximate surface area is 143 Å². The third-order valence-electron chi connectivity index (χ3n) is 4.72. The standard InChI is InChI=1S/C19H26N4O/c1-14(2)23-13-17(11-20-23)19(24)22-10-9-21(12-16(22)4)18-8-6-5-7-15(18)3/h5-8,11,13-14,16H,9-10,12H2,1-4H3/t16-/m1/s1. The van der Waals surface area contributed by atoms with E-state index in [0.29, 0.717) is 5.56 Å². The van der Waals surface area contributed by atoms with Crippen LogP contribution in [0, 0.1) is 6.92 Å². The number of carbonyl (C=O) groups is 1. The van der Waals surface area contributed by atoms with Crippen LogP contribution in [0.1, 0.15) is 42.7 Å². The summed E-state index contributed by atoms with van der Waals surface area (Å²) in [5.74, 6) is 0.0823. The topological polar surface area (TPSA) is 41.4 Å². The van der Waals surface area contributed by atoms with Crippen molar-refractivity contribution in [2.45, 2.75) is 39.8 Å². The summed E-state index contributed by atoms with van der Waals surface area (Å²) in [6.07, 6.45) is 3.54. The molecule has 0 spiro atoms. The van der Waals surface area contributed by atoms with Gasteiger partial charge in [0, 0.05) is 43.6 Å². The Morgan fingerprint density at radius 2 is 2.00 bits per heavy atom. The van der Waals surface area contributed by atoms with E-state index in [1.807, 2.05) is 15.8 Å². The molecule has 3 rings (SSSR count). The third-order valence-corrected chi connectivity index (χ3v) is 4.72. The number of hydrogen-bond donors (Lipinski definition) is 0. The molecule has 1 aromatic heterocycles. The lowest BCUT2D eigenvalue weighted by Gasteiger charge is -2.41. The SMILES string of the molecule is Cc1ccccc1N1CCN(C(=O)c2cnn(C(C)C)c2)[C@H](C)C1. The first-order valence-electron chi connectivity index (χ1n) is 8.63. The molecule has 24 heavy (non-hydrogen) atoms. The van der Waals surface area contributed by atoms with Gasteiger partial charge in [0.05, 0.1) is 11.8 Å². The molecule has 0 unspecified atom stereocenters. The molecule has 1 aliphatic heterocycles. The first-order valence-corrected chi connectivity index (χ1v) is 8.63. The molecule has 0 saturated carbocycles. The molecule has 5 heteroatoms. The largest absolute Gasteiger partial charge is 0.367 e. The van der Waals surface area contributed by atoms with Gasteiger partial charge in [-0.1, -0.05) is 18.2 Å². The van der Waals surface area contributed by atoms with Crippen molar-refractivity contribution in [1.82, 2.24) is 14.7 Å². The smallest absolute Gasteiger partial charge is 0.257 e. The van der Waals surface area contributed by atoms with E-state index in [-0.39, 0.29) is 18.0 Å². The second-order valence-corrected chi connectivity index (χ2v) is 6.88. The quantitative estimate of drug-likeness (QED) is 0.870. The molecule has 0 radical (unpaired) electrons. The summed E-state index contributed by atoms with van der Waals surface area (Å²) in [5, 5.41) is 4.29. The number of nitrogens with zero attached hydrogens (tertiary/aromatic N) is 4. The maximum atomic E-state index is 12.8. The zero-order valence-electron chi connectivity index (χ0n) is 14.9. The van der Waals surface area contributed by atoms with Gasteiger partial charge in [-0.25, -0.2) is 0 Å². The maximum absolute atomic E-state index is 12.8. The number of benzene rings is 1. The lowest BCUT2D eigenvalue weighted by atomic mass is 10.1. The minimum absolute atomic E-state index is 0.0823. The van der Waals surface area contributed by atoms with Crippen LogP contribution in [0.2, 0.25) is 0 Å². The van der Waals surface area contributed by atoms with E-state index in [1.165, 1.54) is 11.3 Å². The number of carbonyl (C=O) groups excluding carboxylic acids is 1. The van der Waals surface area contributed by atoms with Crippen molar-refractivity contribution in [3.63, 3.8) is 0 Å². The summed E-state index contributed by atoms with van der Waals surface area (Å²) >= 11 is 0. The van der Waals surface area contributed by atoms with Crippen molar-refractivity contribution in [1.29, 1.82) is 0 Å². The van der Waals surface area contributed by atoms with Crippen LogP contribution in [-0.2, 0) is 0 Å². The van der Waals surface area contributed by atoms with E-state index in [0.717, 1.165) is 19.6 Å². The minimum Gasteiger partial charge on any atom is -0.367 e. The number of aryl methyl sites for hydroxylation is 1. The van der Waals surface area contributed by atoms with Crippen LogP contribution >= 0.6 is 0 Å². The monoisotopic (exact) mass is 326 g/mol. The third kappa shape index (κ3) is 3.16. The van der Waals surface area contributed by atoms with E-state index >= 15 is 0 Å². The van der Waals surface area contributed by atoms with Gasteiger partial charge < -0.3 is 9.80 Å². The van der Waals surface area contributed by atoms with E-state index < -0.39 is 0 Å². The molecule has 1 saturated heterocycles. The van der Waals surface area contributed by atoms with E-state index in [4.69, 9.17) is 0 Å². The number of hydrogen-bond acceptors (Lipinski definition) is 3. The summed E-state index contributed by atoms with van der Waals surface area (Å²) in [6, 6.07) is 8.87. The highest BCUT2D eigenvalue weighted by Crippen LogP contribution is 2.23. The number of aromatic nitrogens is 2. The predicted molar refractivity (Wildman–Crippen MR) is 96.5 cm³/mol. The molecule has 2 heterocycles. The summed E-state index contributed by atoms with van der Waals surface area (Å²) in [6.45, 7) is 10.8. The van der Waals surface area contributed by atoms with Gasteiger partial charge in [0.25, 0.3) is 5.91 Å². The van der Waals surface area contributed by atoms with Crippen molar-refractivity contribution in [2.24, 2.45) is 0 Å². The molecule has 5 nitrogen and oxygen atoms in total. The van der Waals surface area contributed by atoms with Crippen molar-refractivity contribution in [3.05, 3.63) is 47.8 Å². The highest BCUT2D eigenvalue weighted by molar-refractivity contribution is 5.94. The van der Waals surface area contributed by atoms with Gasteiger partial charge in [-0.05, 0) is 39.3 Å². The molecular formula is C19H26N4O. The normalized spacial score (nSPS) is 18.3. The zero-order valence-corrected chi connectivity index (χ0v) is 14.9. The zero-order chi connectivity index (χ0) is 17.3. The predicted octanol–water partition coefficient (Wildman–Crippen LogP) is 3.12. The molecule has 1 amide bonds. The molecule has 1 aromatic carbocycles. The molecule has 0 N–H and O–H groups in total. The van der Waals surface area contributed by atoms with E-state index in [9.17, 15) is 4.79 Å². The van der Waals surface area contributed by atoms with Gasteiger partial charge in [0.1, 0.15) is 0 Å². The molecule has 0 aliphatic carbocycles. The summed E-state index contributed by atoms with van der Waals surface area (Å²) in [5.41, 5.74) is 3.23. The van der Waals surface area contributed by atoms with Crippen molar-refractivity contribution in [3.8, 4) is 0 Å². The lowest BCUT2D eigenvalue weighted by molar-refractivity contribution is 0.0674. The number of anilines is 1. The fourth-order valence-electron chi connectivity index (χ4n) is 3.29. The highest BCUT2D eigenvalue weighted by Gasteiger charge is 2.29. The number of piperazine rings is 1. The first-order chi connectivity index (χ1) is 11.5. The van der Waals surface area contributed by atoms with Gasteiger partial charge in [-0.2, -0.15) is 5.10 Å². The van der Waals surface area contributed by atoms with Crippen molar-refractivity contribution in [2.75, 3.05) is 24.5 Å². The second kappa shape index (κ2) is 6.67. The van der Waals surface area contributed by atoms with Crippen LogP contribution in [0.4, 0.5) is 5.69 Å². The molecule has 128 valence electrons. The van der Waals surface area contributed by atoms with Crippen LogP contribution in [0.3, 0.4) is 0 Å². The Bertz CT molecular complexity index is 722. The van der Waals surface area contributed by atoms with Crippen LogP contribution < -0.4 is 4.90 Å². The fourth-order valence-corrected chi connectivity index (χ4v) is 3.29. The summed E-state index contributed by atoms with van der Waals surface area (Å²) in [4.78, 5) is 17.2. The second-order valence-electron chi connectivity index (χ2n) is 6.88. The Morgan fingerprint density at radius 1 is 1.25 bits per heavy atom. The average molecular weight is 326 g/mol. The number of rotatable bonds is 3. The fraction of sp³-hybridized carbons (Fsp3) is 0.474. The Morgan fingerprint density at radius 3 is 2.62 bits per heavy atom. The van der Waals surface area contributed by atoms with Crippen molar-refractivity contribution >= 4 is 11.6 Å². The van der Waals surface area contributed by atoms with Crippen LogP contribution in [-0.4, -0.2) is 46.3 Å². The van der Waals surface area contributed by atoms with Gasteiger partial charge >= 0.3 is 0 Å². The van der Waals surface area contributed by atoms with Gasteiger partial charge in [0.15, 0.2) is 0 Å². The number of amides is 1. The molecular weight excluding hydrogens is 300 g/mol. The molecule has 2 aromatic rings. The summed E-state index contributed by atoms with van der Waals surface area (Å²) < 4.78 is 1.83. The Hall–Kier alpha value is -2.30. The van der Waals surface area contributed by atoms with Crippen molar-refractivity contribution < 1.29 is 4.79 Å². The Kier molecular flexibility index (Phi) is 4.60. The van der Waals surface area contributed by atoms with E-state index in [1.54, 1.807) is 6.20 Å². The molecule has 0 bridgehead atoms. The van der Waals surface area contributed by atoms with Gasteiger partial charge in [-0.15, -0.1) is 0 Å². The molecule has 1 aliphatic rings. The lowest BCUT2D eigenvalue weighted by Crippen LogP contribution is -2.54. The van der Waals surface area contributed by atoms with Crippen LogP contribution in [0.5, 0.6) is 0 Å². The van der Waals surface area contributed by atoms with Crippen LogP contribution in [0.25, 0.3) is 0 Å². The average Bonchev–Trinajstić information content (AvgIpc) is 3.05. The Balaban J connectivity index is 1.71. The first kappa shape index (κ1) is 16.6. The van der Waals surface area contributed by atoms with Gasteiger partial charge in [0.2, 0.25) is 0 Å². The van der Waals surface area contributed by atoms with Crippen LogP contribution in [0.15, 0.2) is 36.7 Å². The highest BCUT2D eigenvalue weighted by atomic mass is 16.2.